The van der Waals surface area contributed by atoms with Crippen LogP contribution in [0.3, 0.4) is 0 Å². The Morgan fingerprint density at radius 3 is 2.40 bits per heavy atom. The minimum Gasteiger partial charge on any atom is -0.294 e. The topological polar surface area (TPSA) is 34.1 Å². The first-order chi connectivity index (χ1) is 7.18. The van der Waals surface area contributed by atoms with Gasteiger partial charge >= 0.3 is 0 Å². The molecule has 1 aromatic carbocycles. The van der Waals surface area contributed by atoms with Crippen molar-refractivity contribution < 1.29 is 9.00 Å². The Hall–Kier alpha value is -1.22. The van der Waals surface area contributed by atoms with Gasteiger partial charge in [0.25, 0.3) is 0 Å². The second-order valence-electron chi connectivity index (χ2n) is 3.61. The Morgan fingerprint density at radius 2 is 1.87 bits per heavy atom. The molecule has 0 bridgehead atoms. The molecular formula is C12H12O2S. The molecule has 3 heteroatoms. The second-order valence-corrected chi connectivity index (χ2v) is 5.06. The minimum atomic E-state index is -1.29. The summed E-state index contributed by atoms with van der Waals surface area (Å²) in [6.07, 6.45) is 3.02. The summed E-state index contributed by atoms with van der Waals surface area (Å²) < 4.78 is 12.0. The maximum atomic E-state index is 12.0. The first-order valence-corrected chi connectivity index (χ1v) is 6.05. The largest absolute Gasteiger partial charge is 0.294 e. The van der Waals surface area contributed by atoms with Crippen LogP contribution in [0, 0.1) is 6.92 Å². The molecule has 1 aliphatic carbocycles. The highest BCUT2D eigenvalue weighted by Gasteiger charge is 2.21. The molecule has 0 fully saturated rings. The standard InChI is InChI=1S/C12H12O2S/c1-9-5-7-10(8-6-9)15(14)12-4-2-3-11(12)13/h4-8H,2-3H2,1H3/t15-/m1/s1. The third-order valence-corrected chi connectivity index (χ3v) is 3.90. The van der Waals surface area contributed by atoms with Crippen LogP contribution in [0.5, 0.6) is 0 Å². The smallest absolute Gasteiger partial charge is 0.172 e. The molecule has 0 N–H and O–H groups in total. The van der Waals surface area contributed by atoms with Crippen molar-refractivity contribution in [3.8, 4) is 0 Å². The highest BCUT2D eigenvalue weighted by atomic mass is 32.2. The van der Waals surface area contributed by atoms with Gasteiger partial charge in [-0.25, -0.2) is 4.21 Å². The molecule has 0 aromatic heterocycles. The van der Waals surface area contributed by atoms with Crippen molar-refractivity contribution in [3.05, 3.63) is 40.8 Å². The molecule has 1 aliphatic rings. The Labute approximate surface area is 91.5 Å². The van der Waals surface area contributed by atoms with Gasteiger partial charge in [0.15, 0.2) is 5.78 Å². The Morgan fingerprint density at radius 1 is 1.20 bits per heavy atom. The van der Waals surface area contributed by atoms with Gasteiger partial charge < -0.3 is 0 Å². The van der Waals surface area contributed by atoms with Crippen LogP contribution in [-0.2, 0) is 15.6 Å². The molecule has 15 heavy (non-hydrogen) atoms. The number of allylic oxidation sites excluding steroid dienone is 2. The third-order valence-electron chi connectivity index (χ3n) is 2.41. The molecular weight excluding hydrogens is 208 g/mol. The zero-order valence-corrected chi connectivity index (χ0v) is 9.34. The van der Waals surface area contributed by atoms with Crippen molar-refractivity contribution >= 4 is 16.6 Å². The van der Waals surface area contributed by atoms with Gasteiger partial charge in [0.05, 0.1) is 15.7 Å². The van der Waals surface area contributed by atoms with E-state index in [2.05, 4.69) is 0 Å². The van der Waals surface area contributed by atoms with Crippen molar-refractivity contribution in [2.24, 2.45) is 0 Å². The molecule has 0 heterocycles. The van der Waals surface area contributed by atoms with Gasteiger partial charge in [0.1, 0.15) is 0 Å². The molecule has 2 nitrogen and oxygen atoms in total. The Kier molecular flexibility index (Phi) is 2.82. The lowest BCUT2D eigenvalue weighted by Gasteiger charge is -2.02. The third kappa shape index (κ3) is 2.07. The number of carbonyl (C=O) groups excluding carboxylic acids is 1. The summed E-state index contributed by atoms with van der Waals surface area (Å²) in [5.41, 5.74) is 1.13. The number of rotatable bonds is 2. The lowest BCUT2D eigenvalue weighted by Crippen LogP contribution is -2.03. The quantitative estimate of drug-likeness (QED) is 0.766. The maximum Gasteiger partial charge on any atom is 0.172 e. The zero-order valence-electron chi connectivity index (χ0n) is 8.53. The summed E-state index contributed by atoms with van der Waals surface area (Å²) in [7, 11) is -1.29. The lowest BCUT2D eigenvalue weighted by molar-refractivity contribution is -0.114. The van der Waals surface area contributed by atoms with Gasteiger partial charge in [-0.1, -0.05) is 23.8 Å². The van der Waals surface area contributed by atoms with Gasteiger partial charge in [0, 0.05) is 11.3 Å². The molecule has 0 radical (unpaired) electrons. The van der Waals surface area contributed by atoms with Gasteiger partial charge in [-0.15, -0.1) is 0 Å². The van der Waals surface area contributed by atoms with E-state index in [-0.39, 0.29) is 5.78 Å². The Balaban J connectivity index is 2.28. The van der Waals surface area contributed by atoms with Gasteiger partial charge in [0.2, 0.25) is 0 Å². The van der Waals surface area contributed by atoms with Crippen molar-refractivity contribution in [1.82, 2.24) is 0 Å². The van der Waals surface area contributed by atoms with Crippen molar-refractivity contribution in [3.63, 3.8) is 0 Å². The summed E-state index contributed by atoms with van der Waals surface area (Å²) in [5.74, 6) is 0.0221. The number of hydrogen-bond donors (Lipinski definition) is 0. The van der Waals surface area contributed by atoms with Crippen LogP contribution in [0.25, 0.3) is 0 Å². The van der Waals surface area contributed by atoms with E-state index in [1.807, 2.05) is 31.2 Å². The molecule has 78 valence electrons. The number of carbonyl (C=O) groups is 1. The van der Waals surface area contributed by atoms with Crippen molar-refractivity contribution in [2.75, 3.05) is 0 Å². The van der Waals surface area contributed by atoms with Crippen molar-refractivity contribution in [2.45, 2.75) is 24.7 Å². The highest BCUT2D eigenvalue weighted by molar-refractivity contribution is 7.90. The monoisotopic (exact) mass is 220 g/mol. The van der Waals surface area contributed by atoms with Gasteiger partial charge in [-0.3, -0.25) is 4.79 Å². The maximum absolute atomic E-state index is 12.0. The number of hydrogen-bond acceptors (Lipinski definition) is 2. The van der Waals surface area contributed by atoms with E-state index < -0.39 is 10.8 Å². The summed E-state index contributed by atoms with van der Waals surface area (Å²) >= 11 is 0. The van der Waals surface area contributed by atoms with Crippen LogP contribution >= 0.6 is 0 Å². The summed E-state index contributed by atoms with van der Waals surface area (Å²) in [4.78, 5) is 12.6. The minimum absolute atomic E-state index is 0.0221. The van der Waals surface area contributed by atoms with E-state index in [9.17, 15) is 9.00 Å². The van der Waals surface area contributed by atoms with Crippen LogP contribution in [0.2, 0.25) is 0 Å². The first-order valence-electron chi connectivity index (χ1n) is 4.90. The summed E-state index contributed by atoms with van der Waals surface area (Å²) in [6, 6.07) is 7.45. The van der Waals surface area contributed by atoms with Gasteiger partial charge in [-0.05, 0) is 25.5 Å². The summed E-state index contributed by atoms with van der Waals surface area (Å²) in [5, 5.41) is 0. The normalized spacial score (nSPS) is 17.7. The Bertz CT molecular complexity index is 443. The van der Waals surface area contributed by atoms with E-state index in [0.717, 1.165) is 12.0 Å². The fourth-order valence-electron chi connectivity index (χ4n) is 1.54. The van der Waals surface area contributed by atoms with E-state index in [1.165, 1.54) is 0 Å². The van der Waals surface area contributed by atoms with Crippen LogP contribution in [0.1, 0.15) is 18.4 Å². The fourth-order valence-corrected chi connectivity index (χ4v) is 2.75. The molecule has 0 spiro atoms. The lowest BCUT2D eigenvalue weighted by atomic mass is 10.2. The molecule has 0 amide bonds. The SMILES string of the molecule is Cc1ccc([S@@](=O)C2=CCCC2=O)cc1. The van der Waals surface area contributed by atoms with Crippen LogP contribution in [0.15, 0.2) is 40.1 Å². The average molecular weight is 220 g/mol. The first kappa shape index (κ1) is 10.3. The van der Waals surface area contributed by atoms with E-state index >= 15 is 0 Å². The molecule has 1 aromatic rings. The van der Waals surface area contributed by atoms with E-state index in [0.29, 0.717) is 16.2 Å². The molecule has 0 saturated carbocycles. The number of benzene rings is 1. The second kappa shape index (κ2) is 4.11. The predicted molar refractivity (Wildman–Crippen MR) is 59.9 cm³/mol. The number of ketones is 1. The molecule has 0 saturated heterocycles. The van der Waals surface area contributed by atoms with Crippen LogP contribution < -0.4 is 0 Å². The zero-order chi connectivity index (χ0) is 10.8. The highest BCUT2D eigenvalue weighted by Crippen LogP contribution is 2.22. The molecule has 2 rings (SSSR count). The summed E-state index contributed by atoms with van der Waals surface area (Å²) in [6.45, 7) is 1.98. The number of Topliss-reactive ketones (excluding diaryl/α,β-unsaturated/α-hetero) is 1. The average Bonchev–Trinajstić information content (AvgIpc) is 2.65. The molecule has 1 atom stereocenters. The fraction of sp³-hybridized carbons (Fsp3) is 0.250. The molecule has 0 aliphatic heterocycles. The number of aryl methyl sites for hydroxylation is 1. The van der Waals surface area contributed by atoms with Crippen molar-refractivity contribution in [1.29, 1.82) is 0 Å². The van der Waals surface area contributed by atoms with Crippen LogP contribution in [0.4, 0.5) is 0 Å². The van der Waals surface area contributed by atoms with E-state index in [4.69, 9.17) is 0 Å². The molecule has 0 unspecified atom stereocenters. The van der Waals surface area contributed by atoms with E-state index in [1.54, 1.807) is 6.08 Å². The van der Waals surface area contributed by atoms with Crippen LogP contribution in [-0.4, -0.2) is 9.99 Å². The predicted octanol–water partition coefficient (Wildman–Crippen LogP) is 2.35. The van der Waals surface area contributed by atoms with Gasteiger partial charge in [-0.2, -0.15) is 0 Å².